The maximum absolute atomic E-state index is 14.1. The highest BCUT2D eigenvalue weighted by Gasteiger charge is 2.20. The van der Waals surface area contributed by atoms with Crippen molar-refractivity contribution in [2.75, 3.05) is 25.6 Å². The van der Waals surface area contributed by atoms with Crippen LogP contribution in [0.3, 0.4) is 0 Å². The highest BCUT2D eigenvalue weighted by molar-refractivity contribution is 6.31. The van der Waals surface area contributed by atoms with Crippen LogP contribution in [0.1, 0.15) is 43.4 Å². The van der Waals surface area contributed by atoms with Crippen LogP contribution in [0.25, 0.3) is 22.3 Å². The van der Waals surface area contributed by atoms with E-state index in [2.05, 4.69) is 24.3 Å². The molecule has 0 radical (unpaired) electrons. The van der Waals surface area contributed by atoms with Gasteiger partial charge in [-0.3, -0.25) is 9.59 Å². The molecule has 9 nitrogen and oxygen atoms in total. The van der Waals surface area contributed by atoms with Crippen LogP contribution in [0, 0.1) is 12.7 Å². The van der Waals surface area contributed by atoms with E-state index in [0.717, 1.165) is 16.9 Å². The Morgan fingerprint density at radius 1 is 1.06 bits per heavy atom. The number of carbonyl (C=O) groups excluding carboxylic acids is 1. The Morgan fingerprint density at radius 3 is 2.53 bits per heavy atom. The van der Waals surface area contributed by atoms with Crippen LogP contribution in [0.2, 0.25) is 5.02 Å². The highest BCUT2D eigenvalue weighted by atomic mass is 35.5. The first-order chi connectivity index (χ1) is 22.6. The lowest BCUT2D eigenvalue weighted by molar-refractivity contribution is -0.118. The molecule has 1 heterocycles. The molecule has 47 heavy (non-hydrogen) atoms. The van der Waals surface area contributed by atoms with Gasteiger partial charge in [-0.2, -0.15) is 9.78 Å². The Kier molecular flexibility index (Phi) is 10.2. The fourth-order valence-electron chi connectivity index (χ4n) is 5.07. The molecule has 4 aromatic carbocycles. The summed E-state index contributed by atoms with van der Waals surface area (Å²) >= 11 is 6.40. The Bertz CT molecular complexity index is 2040. The molecule has 0 atom stereocenters. The topological polar surface area (TPSA) is 104 Å². The van der Waals surface area contributed by atoms with Gasteiger partial charge in [0.1, 0.15) is 11.6 Å². The SMILES string of the molecule is CCOc1cc(C)c(-c2nc3ccccc3c(=O)n2N=Cc2cc(Cl)cc(OC)c2OCC(=O)Nc2ccccc2F)cc1C(C)C. The van der Waals surface area contributed by atoms with E-state index in [1.165, 1.54) is 42.3 Å². The van der Waals surface area contributed by atoms with E-state index in [0.29, 0.717) is 39.5 Å². The molecular formula is C36H34ClFN4O5. The van der Waals surface area contributed by atoms with Crippen molar-refractivity contribution >= 4 is 40.3 Å². The van der Waals surface area contributed by atoms with Crippen molar-refractivity contribution in [3.8, 4) is 28.6 Å². The standard InChI is InChI=1S/C36H34ClFN4O5/c1-6-46-31-15-22(4)27(18-26(31)21(2)3)35-41-29-13-9-7-11-25(29)36(44)42(35)39-19-23-16-24(37)17-32(45-5)34(23)47-20-33(43)40-30-14-10-8-12-28(30)38/h7-19,21H,6,20H2,1-5H3,(H,40,43). The number of halogens is 2. The minimum Gasteiger partial charge on any atom is -0.494 e. The number of hydrogen-bond donors (Lipinski definition) is 1. The summed E-state index contributed by atoms with van der Waals surface area (Å²) in [6.45, 7) is 8.04. The lowest BCUT2D eigenvalue weighted by atomic mass is 9.96. The molecule has 5 aromatic rings. The molecule has 0 spiro atoms. The third-order valence-electron chi connectivity index (χ3n) is 7.35. The molecule has 0 aliphatic rings. The van der Waals surface area contributed by atoms with Crippen LogP contribution >= 0.6 is 11.6 Å². The van der Waals surface area contributed by atoms with E-state index >= 15 is 0 Å². The number of nitrogens with one attached hydrogen (secondary N) is 1. The Balaban J connectivity index is 1.60. The Labute approximate surface area is 276 Å². The second kappa shape index (κ2) is 14.5. The summed E-state index contributed by atoms with van der Waals surface area (Å²) in [5, 5.41) is 7.77. The predicted octanol–water partition coefficient (Wildman–Crippen LogP) is 7.59. The van der Waals surface area contributed by atoms with Crippen LogP contribution in [-0.2, 0) is 4.79 Å². The maximum atomic E-state index is 14.1. The van der Waals surface area contributed by atoms with Crippen LogP contribution < -0.4 is 25.1 Å². The van der Waals surface area contributed by atoms with Gasteiger partial charge in [0.2, 0.25) is 0 Å². The third kappa shape index (κ3) is 7.28. The molecule has 0 saturated carbocycles. The maximum Gasteiger partial charge on any atom is 0.282 e. The van der Waals surface area contributed by atoms with E-state index in [1.807, 2.05) is 32.0 Å². The summed E-state index contributed by atoms with van der Waals surface area (Å²) in [5.41, 5.74) is 3.00. The second-order valence-electron chi connectivity index (χ2n) is 10.9. The zero-order valence-electron chi connectivity index (χ0n) is 26.6. The van der Waals surface area contributed by atoms with E-state index in [9.17, 15) is 14.0 Å². The fraction of sp³-hybridized carbons (Fsp3) is 0.222. The first kappa shape index (κ1) is 33.2. The van der Waals surface area contributed by atoms with E-state index < -0.39 is 18.3 Å². The van der Waals surface area contributed by atoms with E-state index in [4.69, 9.17) is 30.8 Å². The normalized spacial score (nSPS) is 11.3. The molecule has 242 valence electrons. The molecule has 0 unspecified atom stereocenters. The summed E-state index contributed by atoms with van der Waals surface area (Å²) < 4.78 is 32.6. The van der Waals surface area contributed by atoms with Crippen molar-refractivity contribution in [2.24, 2.45) is 5.10 Å². The van der Waals surface area contributed by atoms with Crippen molar-refractivity contribution in [3.05, 3.63) is 111 Å². The number of ether oxygens (including phenoxy) is 3. The number of aryl methyl sites for hydroxylation is 1. The number of para-hydroxylation sites is 2. The van der Waals surface area contributed by atoms with Crippen LogP contribution in [-0.4, -0.2) is 42.1 Å². The number of anilines is 1. The lowest BCUT2D eigenvalue weighted by Gasteiger charge is -2.18. The molecular weight excluding hydrogens is 623 g/mol. The van der Waals surface area contributed by atoms with Gasteiger partial charge in [-0.25, -0.2) is 9.37 Å². The molecule has 0 saturated heterocycles. The average Bonchev–Trinajstić information content (AvgIpc) is 3.04. The quantitative estimate of drug-likeness (QED) is 0.147. The monoisotopic (exact) mass is 656 g/mol. The fourth-order valence-corrected chi connectivity index (χ4v) is 5.29. The molecule has 0 bridgehead atoms. The summed E-state index contributed by atoms with van der Waals surface area (Å²) in [5.74, 6) is 0.430. The molecule has 5 rings (SSSR count). The van der Waals surface area contributed by atoms with Crippen molar-refractivity contribution in [1.82, 2.24) is 9.66 Å². The van der Waals surface area contributed by atoms with Gasteiger partial charge in [-0.1, -0.05) is 49.7 Å². The van der Waals surface area contributed by atoms with Crippen molar-refractivity contribution in [2.45, 2.75) is 33.6 Å². The average molecular weight is 657 g/mol. The summed E-state index contributed by atoms with van der Waals surface area (Å²) in [7, 11) is 1.43. The molecule has 0 fully saturated rings. The number of amides is 1. The number of carbonyl (C=O) groups is 1. The minimum absolute atomic E-state index is 0.0203. The number of methoxy groups -OCH3 is 1. The summed E-state index contributed by atoms with van der Waals surface area (Å²) in [6.07, 6.45) is 1.40. The van der Waals surface area contributed by atoms with Gasteiger partial charge in [0, 0.05) is 22.2 Å². The zero-order chi connectivity index (χ0) is 33.7. The first-order valence-electron chi connectivity index (χ1n) is 15.0. The van der Waals surface area contributed by atoms with Crippen molar-refractivity contribution in [1.29, 1.82) is 0 Å². The molecule has 1 aromatic heterocycles. The molecule has 1 N–H and O–H groups in total. The molecule has 1 amide bonds. The summed E-state index contributed by atoms with van der Waals surface area (Å²) in [6, 6.07) is 19.9. The van der Waals surface area contributed by atoms with Gasteiger partial charge in [0.05, 0.1) is 36.5 Å². The number of fused-ring (bicyclic) bond motifs is 1. The largest absolute Gasteiger partial charge is 0.494 e. The Hall–Kier alpha value is -5.22. The van der Waals surface area contributed by atoms with Crippen molar-refractivity contribution < 1.29 is 23.4 Å². The van der Waals surface area contributed by atoms with Gasteiger partial charge in [0.15, 0.2) is 23.9 Å². The molecule has 0 aliphatic heterocycles. The summed E-state index contributed by atoms with van der Waals surface area (Å²) in [4.78, 5) is 31.5. The van der Waals surface area contributed by atoms with Gasteiger partial charge in [-0.05, 0) is 73.4 Å². The van der Waals surface area contributed by atoms with Crippen molar-refractivity contribution in [3.63, 3.8) is 0 Å². The number of nitrogens with zero attached hydrogens (tertiary/aromatic N) is 3. The second-order valence-corrected chi connectivity index (χ2v) is 11.4. The Morgan fingerprint density at radius 2 is 1.81 bits per heavy atom. The van der Waals surface area contributed by atoms with E-state index in [1.54, 1.807) is 30.3 Å². The number of benzene rings is 4. The third-order valence-corrected chi connectivity index (χ3v) is 7.57. The van der Waals surface area contributed by atoms with Gasteiger partial charge in [0.25, 0.3) is 11.5 Å². The van der Waals surface area contributed by atoms with Crippen LogP contribution in [0.5, 0.6) is 17.2 Å². The molecule has 0 aliphatic carbocycles. The lowest BCUT2D eigenvalue weighted by Crippen LogP contribution is -2.22. The smallest absolute Gasteiger partial charge is 0.282 e. The number of aromatic nitrogens is 2. The first-order valence-corrected chi connectivity index (χ1v) is 15.4. The van der Waals surface area contributed by atoms with Gasteiger partial charge < -0.3 is 19.5 Å². The zero-order valence-corrected chi connectivity index (χ0v) is 27.4. The minimum atomic E-state index is -0.598. The van der Waals surface area contributed by atoms with Gasteiger partial charge >= 0.3 is 0 Å². The number of rotatable bonds is 11. The van der Waals surface area contributed by atoms with Crippen LogP contribution in [0.15, 0.2) is 82.7 Å². The highest BCUT2D eigenvalue weighted by Crippen LogP contribution is 2.36. The molecule has 11 heteroatoms. The predicted molar refractivity (Wildman–Crippen MR) is 183 cm³/mol. The number of hydrogen-bond acceptors (Lipinski definition) is 7. The van der Waals surface area contributed by atoms with Crippen LogP contribution in [0.4, 0.5) is 10.1 Å². The van der Waals surface area contributed by atoms with Gasteiger partial charge in [-0.15, -0.1) is 0 Å². The van der Waals surface area contributed by atoms with E-state index in [-0.39, 0.29) is 28.7 Å².